The summed E-state index contributed by atoms with van der Waals surface area (Å²) < 4.78 is 5.27. The Morgan fingerprint density at radius 2 is 2.30 bits per heavy atom. The van der Waals surface area contributed by atoms with Gasteiger partial charge in [-0.2, -0.15) is 5.26 Å². The first kappa shape index (κ1) is 14.2. The Balaban J connectivity index is 2.10. The lowest BCUT2D eigenvalue weighted by atomic mass is 9.85. The molecule has 0 aromatic heterocycles. The van der Waals surface area contributed by atoms with Crippen LogP contribution in [-0.2, 0) is 4.79 Å². The molecule has 2 unspecified atom stereocenters. The summed E-state index contributed by atoms with van der Waals surface area (Å²) in [6.45, 7) is 0. The summed E-state index contributed by atoms with van der Waals surface area (Å²) in [6, 6.07) is 7.41. The molecule has 0 bridgehead atoms. The van der Waals surface area contributed by atoms with Crippen molar-refractivity contribution in [1.82, 2.24) is 0 Å². The molecule has 1 saturated carbocycles. The number of anilines is 1. The maximum absolute atomic E-state index is 11.1. The first-order valence-electron chi connectivity index (χ1n) is 6.71. The van der Waals surface area contributed by atoms with Gasteiger partial charge in [-0.05, 0) is 31.4 Å². The number of nitrogens with zero attached hydrogens (tertiary/aromatic N) is 1. The van der Waals surface area contributed by atoms with Crippen molar-refractivity contribution in [3.8, 4) is 11.8 Å². The van der Waals surface area contributed by atoms with Gasteiger partial charge in [-0.1, -0.05) is 6.42 Å². The van der Waals surface area contributed by atoms with Crippen molar-refractivity contribution in [3.63, 3.8) is 0 Å². The number of nitriles is 1. The van der Waals surface area contributed by atoms with Crippen molar-refractivity contribution in [3.05, 3.63) is 23.8 Å². The zero-order valence-corrected chi connectivity index (χ0v) is 11.4. The SMILES string of the molecule is COc1cc(C#N)ccc1NC1CCCC(C(=O)O)C1. The Kier molecular flexibility index (Phi) is 4.46. The van der Waals surface area contributed by atoms with Crippen LogP contribution in [0.15, 0.2) is 18.2 Å². The molecule has 5 heteroatoms. The van der Waals surface area contributed by atoms with Gasteiger partial charge < -0.3 is 15.2 Å². The van der Waals surface area contributed by atoms with Gasteiger partial charge in [0.15, 0.2) is 0 Å². The van der Waals surface area contributed by atoms with E-state index in [1.165, 1.54) is 0 Å². The summed E-state index contributed by atoms with van der Waals surface area (Å²) in [5, 5.41) is 21.3. The number of carboxylic acids is 1. The average molecular weight is 274 g/mol. The summed E-state index contributed by atoms with van der Waals surface area (Å²) in [5.74, 6) is -0.379. The number of nitrogens with one attached hydrogen (secondary N) is 1. The van der Waals surface area contributed by atoms with Crippen molar-refractivity contribution < 1.29 is 14.6 Å². The molecular weight excluding hydrogens is 256 g/mol. The van der Waals surface area contributed by atoms with Crippen LogP contribution in [-0.4, -0.2) is 24.2 Å². The van der Waals surface area contributed by atoms with Crippen LogP contribution in [0.1, 0.15) is 31.2 Å². The van der Waals surface area contributed by atoms with Crippen molar-refractivity contribution in [1.29, 1.82) is 5.26 Å². The molecule has 0 radical (unpaired) electrons. The largest absolute Gasteiger partial charge is 0.495 e. The minimum absolute atomic E-state index is 0.131. The van der Waals surface area contributed by atoms with Crippen LogP contribution >= 0.6 is 0 Å². The van der Waals surface area contributed by atoms with Gasteiger partial charge >= 0.3 is 5.97 Å². The number of benzene rings is 1. The van der Waals surface area contributed by atoms with Gasteiger partial charge in [-0.25, -0.2) is 0 Å². The van der Waals surface area contributed by atoms with E-state index < -0.39 is 5.97 Å². The average Bonchev–Trinajstić information content (AvgIpc) is 2.48. The van der Waals surface area contributed by atoms with E-state index in [-0.39, 0.29) is 12.0 Å². The van der Waals surface area contributed by atoms with Gasteiger partial charge in [0.1, 0.15) is 5.75 Å². The van der Waals surface area contributed by atoms with Crippen molar-refractivity contribution in [2.75, 3.05) is 12.4 Å². The van der Waals surface area contributed by atoms with Crippen molar-refractivity contribution >= 4 is 11.7 Å². The molecule has 2 N–H and O–H groups in total. The molecule has 2 rings (SSSR count). The highest BCUT2D eigenvalue weighted by molar-refractivity contribution is 5.70. The van der Waals surface area contributed by atoms with Crippen LogP contribution < -0.4 is 10.1 Å². The summed E-state index contributed by atoms with van der Waals surface area (Å²) in [6.07, 6.45) is 3.23. The molecule has 106 valence electrons. The highest BCUT2D eigenvalue weighted by atomic mass is 16.5. The van der Waals surface area contributed by atoms with Crippen LogP contribution in [0.3, 0.4) is 0 Å². The highest BCUT2D eigenvalue weighted by Crippen LogP contribution is 2.31. The summed E-state index contributed by atoms with van der Waals surface area (Å²) in [7, 11) is 1.56. The molecule has 0 amide bonds. The van der Waals surface area contributed by atoms with E-state index in [4.69, 9.17) is 15.1 Å². The first-order chi connectivity index (χ1) is 9.63. The van der Waals surface area contributed by atoms with E-state index in [9.17, 15) is 4.79 Å². The fraction of sp³-hybridized carbons (Fsp3) is 0.467. The highest BCUT2D eigenvalue weighted by Gasteiger charge is 2.27. The van der Waals surface area contributed by atoms with Gasteiger partial charge in [-0.15, -0.1) is 0 Å². The zero-order valence-electron chi connectivity index (χ0n) is 11.4. The van der Waals surface area contributed by atoms with Crippen LogP contribution in [0.2, 0.25) is 0 Å². The molecule has 1 aromatic carbocycles. The number of methoxy groups -OCH3 is 1. The fourth-order valence-electron chi connectivity index (χ4n) is 2.65. The van der Waals surface area contributed by atoms with Gasteiger partial charge in [0.05, 0.1) is 30.3 Å². The normalized spacial score (nSPS) is 21.8. The summed E-state index contributed by atoms with van der Waals surface area (Å²) in [5.41, 5.74) is 1.35. The van der Waals surface area contributed by atoms with Crippen LogP contribution in [0.25, 0.3) is 0 Å². The molecule has 0 saturated heterocycles. The maximum Gasteiger partial charge on any atom is 0.306 e. The molecule has 0 spiro atoms. The molecule has 2 atom stereocenters. The maximum atomic E-state index is 11.1. The second-order valence-electron chi connectivity index (χ2n) is 5.07. The lowest BCUT2D eigenvalue weighted by Gasteiger charge is -2.28. The van der Waals surface area contributed by atoms with E-state index >= 15 is 0 Å². The van der Waals surface area contributed by atoms with Crippen LogP contribution in [0.5, 0.6) is 5.75 Å². The zero-order chi connectivity index (χ0) is 14.5. The molecule has 1 aromatic rings. The van der Waals surface area contributed by atoms with E-state index in [1.54, 1.807) is 19.2 Å². The number of hydrogen-bond donors (Lipinski definition) is 2. The number of hydrogen-bond acceptors (Lipinski definition) is 4. The van der Waals surface area contributed by atoms with Crippen molar-refractivity contribution in [2.45, 2.75) is 31.7 Å². The van der Waals surface area contributed by atoms with E-state index in [1.807, 2.05) is 6.07 Å². The lowest BCUT2D eigenvalue weighted by molar-refractivity contribution is -0.142. The topological polar surface area (TPSA) is 82.3 Å². The summed E-state index contributed by atoms with van der Waals surface area (Å²) >= 11 is 0. The Hall–Kier alpha value is -2.22. The molecule has 20 heavy (non-hydrogen) atoms. The first-order valence-corrected chi connectivity index (χ1v) is 6.71. The van der Waals surface area contributed by atoms with Crippen LogP contribution in [0, 0.1) is 17.2 Å². The monoisotopic (exact) mass is 274 g/mol. The minimum Gasteiger partial charge on any atom is -0.495 e. The predicted molar refractivity (Wildman–Crippen MR) is 74.7 cm³/mol. The quantitative estimate of drug-likeness (QED) is 0.882. The Labute approximate surface area is 118 Å². The van der Waals surface area contributed by atoms with Crippen LogP contribution in [0.4, 0.5) is 5.69 Å². The molecule has 0 aliphatic heterocycles. The second kappa shape index (κ2) is 6.29. The standard InChI is InChI=1S/C15H18N2O3/c1-20-14-7-10(9-16)5-6-13(14)17-12-4-2-3-11(8-12)15(18)19/h5-7,11-12,17H,2-4,8H2,1H3,(H,18,19). The molecule has 0 heterocycles. The van der Waals surface area contributed by atoms with Gasteiger partial charge in [0.2, 0.25) is 0 Å². The number of carbonyl (C=O) groups is 1. The lowest BCUT2D eigenvalue weighted by Crippen LogP contribution is -2.31. The van der Waals surface area contributed by atoms with E-state index in [0.717, 1.165) is 24.9 Å². The smallest absolute Gasteiger partial charge is 0.306 e. The number of aliphatic carboxylic acids is 1. The minimum atomic E-state index is -0.719. The third-order valence-corrected chi connectivity index (χ3v) is 3.71. The second-order valence-corrected chi connectivity index (χ2v) is 5.07. The van der Waals surface area contributed by atoms with Gasteiger partial charge in [-0.3, -0.25) is 4.79 Å². The fourth-order valence-corrected chi connectivity index (χ4v) is 2.65. The molecule has 1 fully saturated rings. The van der Waals surface area contributed by atoms with E-state index in [2.05, 4.69) is 11.4 Å². The number of rotatable bonds is 4. The third-order valence-electron chi connectivity index (χ3n) is 3.71. The predicted octanol–water partition coefficient (Wildman–Crippen LogP) is 2.62. The van der Waals surface area contributed by atoms with E-state index in [0.29, 0.717) is 17.7 Å². The van der Waals surface area contributed by atoms with Crippen molar-refractivity contribution in [2.24, 2.45) is 5.92 Å². The Morgan fingerprint density at radius 1 is 1.50 bits per heavy atom. The number of carboxylic acid groups (broad SMARTS) is 1. The Morgan fingerprint density at radius 3 is 2.95 bits per heavy atom. The third kappa shape index (κ3) is 3.21. The molecular formula is C15H18N2O3. The molecule has 5 nitrogen and oxygen atoms in total. The Bertz CT molecular complexity index is 536. The summed E-state index contributed by atoms with van der Waals surface area (Å²) in [4.78, 5) is 11.1. The van der Waals surface area contributed by atoms with Gasteiger partial charge in [0, 0.05) is 12.1 Å². The molecule has 1 aliphatic carbocycles. The molecule has 1 aliphatic rings. The number of ether oxygens (including phenoxy) is 1. The van der Waals surface area contributed by atoms with Gasteiger partial charge in [0.25, 0.3) is 0 Å².